The summed E-state index contributed by atoms with van der Waals surface area (Å²) >= 11 is 0. The maximum Gasteiger partial charge on any atom is 0.145 e. The number of nitrogens with zero attached hydrogens (tertiary/aromatic N) is 1. The van der Waals surface area contributed by atoms with Gasteiger partial charge in [0, 0.05) is 23.9 Å². The van der Waals surface area contributed by atoms with Crippen LogP contribution in [0, 0.1) is 0 Å². The number of dihydropyridines is 1. The van der Waals surface area contributed by atoms with E-state index in [1.165, 1.54) is 5.57 Å². The highest BCUT2D eigenvalue weighted by molar-refractivity contribution is 5.74. The predicted molar refractivity (Wildman–Crippen MR) is 57.3 cm³/mol. The molecule has 14 heavy (non-hydrogen) atoms. The van der Waals surface area contributed by atoms with Crippen LogP contribution in [0.1, 0.15) is 19.5 Å². The zero-order valence-electron chi connectivity index (χ0n) is 8.33. The summed E-state index contributed by atoms with van der Waals surface area (Å²) in [6.07, 6.45) is 4.11. The summed E-state index contributed by atoms with van der Waals surface area (Å²) in [6.45, 7) is 4.23. The van der Waals surface area contributed by atoms with Gasteiger partial charge in [0.15, 0.2) is 0 Å². The molecular weight excluding hydrogens is 176 g/mol. The molecule has 1 aliphatic rings. The highest BCUT2D eigenvalue weighted by Gasteiger charge is 2.11. The molecule has 1 aliphatic heterocycles. The molecule has 4 heteroatoms. The van der Waals surface area contributed by atoms with E-state index in [1.54, 1.807) is 0 Å². The van der Waals surface area contributed by atoms with Gasteiger partial charge in [-0.15, -0.1) is 0 Å². The second kappa shape index (κ2) is 3.21. The summed E-state index contributed by atoms with van der Waals surface area (Å²) in [5.74, 6) is 0.519. The first kappa shape index (κ1) is 8.87. The van der Waals surface area contributed by atoms with Crippen LogP contribution in [0.4, 0.5) is 5.82 Å². The molecule has 0 aliphatic carbocycles. The van der Waals surface area contributed by atoms with Crippen molar-refractivity contribution in [1.82, 2.24) is 15.5 Å². The van der Waals surface area contributed by atoms with E-state index in [0.29, 0.717) is 11.9 Å². The van der Waals surface area contributed by atoms with Crippen LogP contribution < -0.4 is 11.1 Å². The summed E-state index contributed by atoms with van der Waals surface area (Å²) in [5, 5.41) is 10.0. The van der Waals surface area contributed by atoms with Crippen molar-refractivity contribution in [2.45, 2.75) is 19.9 Å². The third-order valence-corrected chi connectivity index (χ3v) is 2.46. The van der Waals surface area contributed by atoms with Crippen LogP contribution in [0.2, 0.25) is 0 Å². The Morgan fingerprint density at radius 2 is 2.29 bits per heavy atom. The van der Waals surface area contributed by atoms with Crippen molar-refractivity contribution < 1.29 is 0 Å². The van der Waals surface area contributed by atoms with Crippen LogP contribution in [-0.2, 0) is 0 Å². The molecule has 1 unspecified atom stereocenters. The molecule has 1 aromatic heterocycles. The van der Waals surface area contributed by atoms with Gasteiger partial charge in [-0.05, 0) is 13.8 Å². The van der Waals surface area contributed by atoms with Crippen LogP contribution in [0.15, 0.2) is 23.9 Å². The zero-order valence-corrected chi connectivity index (χ0v) is 8.33. The molecule has 1 atom stereocenters. The molecule has 2 heterocycles. The standard InChI is InChI=1S/C10H14N4/c1-6-3-8(5-12-7(6)2)9-4-10(11)14-13-9/h3-5,7,12H,1-2H3,(H3,11,13,14). The number of nitrogens with one attached hydrogen (secondary N) is 2. The number of aromatic nitrogens is 2. The Balaban J connectivity index is 2.30. The van der Waals surface area contributed by atoms with Crippen LogP contribution in [0.3, 0.4) is 0 Å². The number of anilines is 1. The predicted octanol–water partition coefficient (Wildman–Crippen LogP) is 1.27. The summed E-state index contributed by atoms with van der Waals surface area (Å²) < 4.78 is 0. The topological polar surface area (TPSA) is 66.7 Å². The van der Waals surface area contributed by atoms with E-state index in [1.807, 2.05) is 12.3 Å². The van der Waals surface area contributed by atoms with Gasteiger partial charge >= 0.3 is 0 Å². The Morgan fingerprint density at radius 1 is 1.50 bits per heavy atom. The number of hydrogen-bond acceptors (Lipinski definition) is 3. The summed E-state index contributed by atoms with van der Waals surface area (Å²) in [6, 6.07) is 2.23. The minimum Gasteiger partial charge on any atom is -0.384 e. The van der Waals surface area contributed by atoms with E-state index in [0.717, 1.165) is 11.3 Å². The van der Waals surface area contributed by atoms with Crippen LogP contribution in [0.25, 0.3) is 5.57 Å². The normalized spacial score (nSPS) is 21.1. The van der Waals surface area contributed by atoms with Gasteiger partial charge in [0.25, 0.3) is 0 Å². The van der Waals surface area contributed by atoms with E-state index in [2.05, 4.69) is 35.4 Å². The van der Waals surface area contributed by atoms with Gasteiger partial charge in [-0.1, -0.05) is 11.6 Å². The fourth-order valence-corrected chi connectivity index (χ4v) is 1.40. The Kier molecular flexibility index (Phi) is 2.04. The molecule has 0 radical (unpaired) electrons. The first-order valence-electron chi connectivity index (χ1n) is 4.62. The number of H-pyrrole nitrogens is 1. The zero-order chi connectivity index (χ0) is 10.1. The molecular formula is C10H14N4. The van der Waals surface area contributed by atoms with Gasteiger partial charge < -0.3 is 11.1 Å². The molecule has 0 fully saturated rings. The first-order valence-corrected chi connectivity index (χ1v) is 4.62. The van der Waals surface area contributed by atoms with Gasteiger partial charge in [-0.3, -0.25) is 5.10 Å². The number of nitrogen functional groups attached to an aromatic ring is 1. The molecule has 2 rings (SSSR count). The van der Waals surface area contributed by atoms with Gasteiger partial charge in [-0.25, -0.2) is 0 Å². The summed E-state index contributed by atoms with van der Waals surface area (Å²) in [4.78, 5) is 0. The van der Waals surface area contributed by atoms with Gasteiger partial charge in [-0.2, -0.15) is 5.10 Å². The molecule has 0 aromatic carbocycles. The summed E-state index contributed by atoms with van der Waals surface area (Å²) in [5.41, 5.74) is 8.87. The molecule has 0 saturated carbocycles. The number of nitrogens with two attached hydrogens (primary N) is 1. The minimum absolute atomic E-state index is 0.402. The van der Waals surface area contributed by atoms with Gasteiger partial charge in [0.05, 0.1) is 5.69 Å². The fourth-order valence-electron chi connectivity index (χ4n) is 1.40. The van der Waals surface area contributed by atoms with Crippen LogP contribution >= 0.6 is 0 Å². The van der Waals surface area contributed by atoms with E-state index in [4.69, 9.17) is 5.73 Å². The van der Waals surface area contributed by atoms with Crippen molar-refractivity contribution >= 4 is 11.4 Å². The number of aromatic amines is 1. The molecule has 1 aromatic rings. The van der Waals surface area contributed by atoms with Crippen molar-refractivity contribution in [2.24, 2.45) is 0 Å². The lowest BCUT2D eigenvalue weighted by Crippen LogP contribution is -2.24. The Morgan fingerprint density at radius 3 is 2.86 bits per heavy atom. The van der Waals surface area contributed by atoms with Crippen LogP contribution in [-0.4, -0.2) is 16.2 Å². The molecule has 0 saturated heterocycles. The second-order valence-electron chi connectivity index (χ2n) is 3.58. The Bertz CT molecular complexity index is 400. The third-order valence-electron chi connectivity index (χ3n) is 2.46. The third kappa shape index (κ3) is 1.51. The molecule has 4 N–H and O–H groups in total. The molecule has 0 spiro atoms. The molecule has 0 bridgehead atoms. The smallest absolute Gasteiger partial charge is 0.145 e. The lowest BCUT2D eigenvalue weighted by atomic mass is 10.0. The first-order chi connectivity index (χ1) is 6.66. The van der Waals surface area contributed by atoms with Crippen molar-refractivity contribution in [3.63, 3.8) is 0 Å². The highest BCUT2D eigenvalue weighted by Crippen LogP contribution is 2.20. The fraction of sp³-hybridized carbons (Fsp3) is 0.300. The highest BCUT2D eigenvalue weighted by atomic mass is 15.2. The minimum atomic E-state index is 0.402. The van der Waals surface area contributed by atoms with Crippen molar-refractivity contribution in [3.8, 4) is 0 Å². The molecule has 4 nitrogen and oxygen atoms in total. The maximum absolute atomic E-state index is 5.54. The lowest BCUT2D eigenvalue weighted by molar-refractivity contribution is 0.720. The van der Waals surface area contributed by atoms with E-state index >= 15 is 0 Å². The maximum atomic E-state index is 5.54. The Hall–Kier alpha value is -1.71. The van der Waals surface area contributed by atoms with Gasteiger partial charge in [0.1, 0.15) is 5.82 Å². The van der Waals surface area contributed by atoms with Crippen LogP contribution in [0.5, 0.6) is 0 Å². The second-order valence-corrected chi connectivity index (χ2v) is 3.58. The number of hydrogen-bond donors (Lipinski definition) is 3. The number of rotatable bonds is 1. The van der Waals surface area contributed by atoms with Crippen molar-refractivity contribution in [2.75, 3.05) is 5.73 Å². The lowest BCUT2D eigenvalue weighted by Gasteiger charge is -2.18. The molecule has 0 amide bonds. The Labute approximate surface area is 82.9 Å². The summed E-state index contributed by atoms with van der Waals surface area (Å²) in [7, 11) is 0. The average molecular weight is 190 g/mol. The monoisotopic (exact) mass is 190 g/mol. The molecule has 74 valence electrons. The van der Waals surface area contributed by atoms with Crippen molar-refractivity contribution in [3.05, 3.63) is 29.6 Å². The van der Waals surface area contributed by atoms with Gasteiger partial charge in [0.2, 0.25) is 0 Å². The van der Waals surface area contributed by atoms with Crippen molar-refractivity contribution in [1.29, 1.82) is 0 Å². The number of allylic oxidation sites excluding steroid dienone is 2. The SMILES string of the molecule is CC1=CC(c2cc(N)n[nH]2)=CNC1C. The van der Waals surface area contributed by atoms with E-state index < -0.39 is 0 Å². The largest absolute Gasteiger partial charge is 0.384 e. The average Bonchev–Trinajstić information content (AvgIpc) is 2.57. The van der Waals surface area contributed by atoms with E-state index in [-0.39, 0.29) is 0 Å². The quantitative estimate of drug-likeness (QED) is 0.624. The van der Waals surface area contributed by atoms with E-state index in [9.17, 15) is 0 Å².